The van der Waals surface area contributed by atoms with Gasteiger partial charge in [0.1, 0.15) is 5.56 Å². The van der Waals surface area contributed by atoms with Gasteiger partial charge in [-0.05, 0) is 5.56 Å². The molecule has 0 atom stereocenters. The Morgan fingerprint density at radius 2 is 2.00 bits per heavy atom. The summed E-state index contributed by atoms with van der Waals surface area (Å²) in [5.74, 6) is -0.898. The lowest BCUT2D eigenvalue weighted by Crippen LogP contribution is -2.27. The van der Waals surface area contributed by atoms with E-state index in [1.807, 2.05) is 6.07 Å². The van der Waals surface area contributed by atoms with Crippen molar-refractivity contribution in [2.75, 3.05) is 7.11 Å². The third-order valence-electron chi connectivity index (χ3n) is 2.88. The van der Waals surface area contributed by atoms with Crippen LogP contribution in [0.2, 0.25) is 0 Å². The molecule has 7 nitrogen and oxygen atoms in total. The van der Waals surface area contributed by atoms with Crippen LogP contribution in [0.25, 0.3) is 0 Å². The highest BCUT2D eigenvalue weighted by atomic mass is 16.6. The van der Waals surface area contributed by atoms with Gasteiger partial charge in [-0.2, -0.15) is 0 Å². The van der Waals surface area contributed by atoms with E-state index in [0.29, 0.717) is 0 Å². The summed E-state index contributed by atoms with van der Waals surface area (Å²) >= 11 is 0. The second kappa shape index (κ2) is 6.00. The minimum absolute atomic E-state index is 0.130. The molecule has 0 aliphatic heterocycles. The maximum atomic E-state index is 12.2. The SMILES string of the molecule is COC(=O)c1cc([N+](=O)[O-])cn(Cc2ccccc2)c1=O. The zero-order valence-electron chi connectivity index (χ0n) is 11.2. The molecule has 7 heteroatoms. The molecule has 1 aromatic heterocycles. The number of pyridine rings is 1. The van der Waals surface area contributed by atoms with E-state index in [1.54, 1.807) is 24.3 Å². The average molecular weight is 288 g/mol. The highest BCUT2D eigenvalue weighted by molar-refractivity contribution is 5.89. The highest BCUT2D eigenvalue weighted by Gasteiger charge is 2.19. The summed E-state index contributed by atoms with van der Waals surface area (Å²) < 4.78 is 5.61. The van der Waals surface area contributed by atoms with Crippen molar-refractivity contribution >= 4 is 11.7 Å². The normalized spacial score (nSPS) is 10.1. The van der Waals surface area contributed by atoms with Crippen LogP contribution in [0.5, 0.6) is 0 Å². The van der Waals surface area contributed by atoms with Crippen molar-refractivity contribution in [3.05, 3.63) is 74.2 Å². The van der Waals surface area contributed by atoms with Crippen molar-refractivity contribution in [2.45, 2.75) is 6.54 Å². The molecule has 0 bridgehead atoms. The molecule has 1 heterocycles. The summed E-state index contributed by atoms with van der Waals surface area (Å²) in [5, 5.41) is 10.9. The number of methoxy groups -OCH3 is 1. The molecular weight excluding hydrogens is 276 g/mol. The molecule has 0 saturated heterocycles. The molecule has 0 spiro atoms. The van der Waals surface area contributed by atoms with Gasteiger partial charge in [-0.1, -0.05) is 30.3 Å². The Morgan fingerprint density at radius 3 is 2.57 bits per heavy atom. The van der Waals surface area contributed by atoms with Crippen molar-refractivity contribution in [2.24, 2.45) is 0 Å². The van der Waals surface area contributed by atoms with Gasteiger partial charge in [0.2, 0.25) is 0 Å². The maximum absolute atomic E-state index is 12.2. The van der Waals surface area contributed by atoms with E-state index >= 15 is 0 Å². The standard InChI is InChI=1S/C14H12N2O5/c1-21-14(18)12-7-11(16(19)20)9-15(13(12)17)8-10-5-3-2-4-6-10/h2-7,9H,8H2,1H3. The van der Waals surface area contributed by atoms with E-state index in [9.17, 15) is 19.7 Å². The van der Waals surface area contributed by atoms with Crippen molar-refractivity contribution in [3.63, 3.8) is 0 Å². The van der Waals surface area contributed by atoms with Crippen LogP contribution in [0.15, 0.2) is 47.4 Å². The smallest absolute Gasteiger partial charge is 0.343 e. The van der Waals surface area contributed by atoms with Gasteiger partial charge in [0.15, 0.2) is 0 Å². The first-order valence-corrected chi connectivity index (χ1v) is 6.04. The minimum Gasteiger partial charge on any atom is -0.465 e. The summed E-state index contributed by atoms with van der Waals surface area (Å²) in [4.78, 5) is 34.0. The Kier molecular flexibility index (Phi) is 4.13. The summed E-state index contributed by atoms with van der Waals surface area (Å²) in [6, 6.07) is 9.89. The molecule has 2 rings (SSSR count). The van der Waals surface area contributed by atoms with Gasteiger partial charge in [-0.3, -0.25) is 14.9 Å². The molecule has 2 aromatic rings. The Balaban J connectivity index is 2.54. The zero-order chi connectivity index (χ0) is 15.4. The second-order valence-electron chi connectivity index (χ2n) is 4.28. The van der Waals surface area contributed by atoms with Gasteiger partial charge in [0.05, 0.1) is 24.8 Å². The molecule has 0 radical (unpaired) electrons. The number of nitrogens with zero attached hydrogens (tertiary/aromatic N) is 2. The number of hydrogen-bond donors (Lipinski definition) is 0. The number of esters is 1. The van der Waals surface area contributed by atoms with Crippen molar-refractivity contribution in [1.29, 1.82) is 0 Å². The number of hydrogen-bond acceptors (Lipinski definition) is 5. The van der Waals surface area contributed by atoms with E-state index in [1.165, 1.54) is 0 Å². The fourth-order valence-electron chi connectivity index (χ4n) is 1.87. The van der Waals surface area contributed by atoms with Crippen LogP contribution in [0.1, 0.15) is 15.9 Å². The van der Waals surface area contributed by atoms with Crippen molar-refractivity contribution in [3.8, 4) is 0 Å². The lowest BCUT2D eigenvalue weighted by molar-refractivity contribution is -0.385. The second-order valence-corrected chi connectivity index (χ2v) is 4.28. The largest absolute Gasteiger partial charge is 0.465 e. The lowest BCUT2D eigenvalue weighted by Gasteiger charge is -2.08. The quantitative estimate of drug-likeness (QED) is 0.484. The molecule has 0 aliphatic carbocycles. The van der Waals surface area contributed by atoms with Crippen LogP contribution in [0.4, 0.5) is 5.69 Å². The summed E-state index contributed by atoms with van der Waals surface area (Å²) in [6.45, 7) is 0.130. The molecule has 1 aromatic carbocycles. The third kappa shape index (κ3) is 3.14. The number of carbonyl (C=O) groups excluding carboxylic acids is 1. The van der Waals surface area contributed by atoms with Crippen LogP contribution in [-0.2, 0) is 11.3 Å². The molecule has 0 saturated carbocycles. The molecule has 0 amide bonds. The average Bonchev–Trinajstić information content (AvgIpc) is 2.49. The van der Waals surface area contributed by atoms with Crippen molar-refractivity contribution in [1.82, 2.24) is 4.57 Å². The highest BCUT2D eigenvalue weighted by Crippen LogP contribution is 2.12. The Labute approximate surface area is 119 Å². The molecule has 0 unspecified atom stereocenters. The predicted molar refractivity (Wildman–Crippen MR) is 74.2 cm³/mol. The molecule has 108 valence electrons. The fraction of sp³-hybridized carbons (Fsp3) is 0.143. The lowest BCUT2D eigenvalue weighted by atomic mass is 10.2. The first kappa shape index (κ1) is 14.4. The number of nitro groups is 1. The van der Waals surface area contributed by atoms with Crippen LogP contribution in [-0.4, -0.2) is 22.6 Å². The first-order valence-electron chi connectivity index (χ1n) is 6.04. The Bertz CT molecular complexity index is 737. The van der Waals surface area contributed by atoms with Gasteiger partial charge in [0.25, 0.3) is 11.2 Å². The Morgan fingerprint density at radius 1 is 1.33 bits per heavy atom. The number of benzene rings is 1. The van der Waals surface area contributed by atoms with Crippen molar-refractivity contribution < 1.29 is 14.5 Å². The van der Waals surface area contributed by atoms with E-state index < -0.39 is 16.5 Å². The van der Waals surface area contributed by atoms with E-state index in [0.717, 1.165) is 29.5 Å². The number of rotatable bonds is 4. The number of carbonyl (C=O) groups is 1. The van der Waals surface area contributed by atoms with E-state index in [4.69, 9.17) is 0 Å². The van der Waals surface area contributed by atoms with E-state index in [-0.39, 0.29) is 17.8 Å². The molecule has 0 N–H and O–H groups in total. The van der Waals surface area contributed by atoms with Gasteiger partial charge in [-0.25, -0.2) is 4.79 Å². The van der Waals surface area contributed by atoms with Gasteiger partial charge in [-0.15, -0.1) is 0 Å². The summed E-state index contributed by atoms with van der Waals surface area (Å²) in [6.07, 6.45) is 1.11. The molecule has 0 fully saturated rings. The zero-order valence-corrected chi connectivity index (χ0v) is 11.2. The van der Waals surface area contributed by atoms with Crippen LogP contribution < -0.4 is 5.56 Å². The molecule has 21 heavy (non-hydrogen) atoms. The van der Waals surface area contributed by atoms with Crippen LogP contribution in [0.3, 0.4) is 0 Å². The number of ether oxygens (including phenoxy) is 1. The van der Waals surface area contributed by atoms with Gasteiger partial charge in [0, 0.05) is 6.07 Å². The predicted octanol–water partition coefficient (Wildman–Crippen LogP) is 1.59. The number of aromatic nitrogens is 1. The maximum Gasteiger partial charge on any atom is 0.343 e. The van der Waals surface area contributed by atoms with Gasteiger partial charge < -0.3 is 9.30 Å². The summed E-state index contributed by atoms with van der Waals surface area (Å²) in [5.41, 5.74) is -0.541. The van der Waals surface area contributed by atoms with E-state index in [2.05, 4.69) is 4.74 Å². The van der Waals surface area contributed by atoms with Crippen LogP contribution in [0, 0.1) is 10.1 Å². The monoisotopic (exact) mass is 288 g/mol. The van der Waals surface area contributed by atoms with Gasteiger partial charge >= 0.3 is 5.97 Å². The summed E-state index contributed by atoms with van der Waals surface area (Å²) in [7, 11) is 1.11. The topological polar surface area (TPSA) is 91.4 Å². The third-order valence-corrected chi connectivity index (χ3v) is 2.88. The Hall–Kier alpha value is -2.96. The molecule has 0 aliphatic rings. The fourth-order valence-corrected chi connectivity index (χ4v) is 1.87. The minimum atomic E-state index is -0.898. The first-order chi connectivity index (χ1) is 10.0. The van der Waals surface area contributed by atoms with Crippen LogP contribution >= 0.6 is 0 Å². The molecular formula is C14H12N2O5.